The Morgan fingerprint density at radius 1 is 1.35 bits per heavy atom. The summed E-state index contributed by atoms with van der Waals surface area (Å²) >= 11 is 0. The summed E-state index contributed by atoms with van der Waals surface area (Å²) in [5, 5.41) is 9.66. The molecule has 0 aromatic carbocycles. The van der Waals surface area contributed by atoms with E-state index in [0.717, 1.165) is 13.1 Å². The lowest BCUT2D eigenvalue weighted by Crippen LogP contribution is -2.50. The summed E-state index contributed by atoms with van der Waals surface area (Å²) in [4.78, 5) is 2.29. The predicted octanol–water partition coefficient (Wildman–Crippen LogP) is -0.156. The van der Waals surface area contributed by atoms with Crippen molar-refractivity contribution >= 4 is 10.0 Å². The summed E-state index contributed by atoms with van der Waals surface area (Å²) in [5.74, 6) is 0. The van der Waals surface area contributed by atoms with Gasteiger partial charge in [0.1, 0.15) is 0 Å². The van der Waals surface area contributed by atoms with Gasteiger partial charge in [-0.15, -0.1) is 0 Å². The van der Waals surface area contributed by atoms with Crippen molar-refractivity contribution in [2.24, 2.45) is 0 Å². The van der Waals surface area contributed by atoms with Gasteiger partial charge in [-0.3, -0.25) is 10.00 Å². The van der Waals surface area contributed by atoms with E-state index in [9.17, 15) is 8.42 Å². The molecule has 0 bridgehead atoms. The zero-order valence-corrected chi connectivity index (χ0v) is 13.1. The van der Waals surface area contributed by atoms with Gasteiger partial charge in [-0.25, -0.2) is 8.42 Å². The van der Waals surface area contributed by atoms with E-state index < -0.39 is 10.0 Å². The number of hydrogen-bond acceptors (Lipinski definition) is 5. The Morgan fingerprint density at radius 2 is 2.00 bits per heavy atom. The number of aromatic amines is 1. The molecule has 0 amide bonds. The van der Waals surface area contributed by atoms with Crippen LogP contribution in [0.3, 0.4) is 0 Å². The Balaban J connectivity index is 2.13. The first kappa shape index (κ1) is 15.4. The first-order valence-electron chi connectivity index (χ1n) is 6.88. The Morgan fingerprint density at radius 3 is 2.55 bits per heavy atom. The number of sulfonamides is 1. The number of rotatable bonds is 5. The molecule has 2 rings (SSSR count). The highest BCUT2D eigenvalue weighted by atomic mass is 32.2. The molecule has 1 saturated heterocycles. The topological polar surface area (TPSA) is 81.3 Å². The summed E-state index contributed by atoms with van der Waals surface area (Å²) in [7, 11) is -1.69. The molecule has 2 heterocycles. The zero-order chi connectivity index (χ0) is 14.8. The van der Waals surface area contributed by atoms with Crippen molar-refractivity contribution in [3.05, 3.63) is 11.8 Å². The van der Waals surface area contributed by atoms with Crippen LogP contribution in [0.1, 0.15) is 19.4 Å². The standard InChI is InChI=1S/C12H23N5O2S/c1-10(2)16-4-6-17(7-5-16)20(18,19)12-11(8-13-3)9-14-15-12/h9-10,13H,4-8H2,1-3H3,(H,14,15). The molecule has 114 valence electrons. The smallest absolute Gasteiger partial charge is 0.260 e. The third-order valence-corrected chi connectivity index (χ3v) is 5.56. The molecule has 1 aromatic heterocycles. The van der Waals surface area contributed by atoms with Crippen LogP contribution >= 0.6 is 0 Å². The number of nitrogens with zero attached hydrogens (tertiary/aromatic N) is 3. The summed E-state index contributed by atoms with van der Waals surface area (Å²) in [6.07, 6.45) is 1.56. The Bertz CT molecular complexity index is 532. The fourth-order valence-corrected chi connectivity index (χ4v) is 3.95. The number of piperazine rings is 1. The van der Waals surface area contributed by atoms with Crippen LogP contribution in [-0.2, 0) is 16.6 Å². The van der Waals surface area contributed by atoms with E-state index in [-0.39, 0.29) is 5.03 Å². The van der Waals surface area contributed by atoms with Crippen LogP contribution in [0.5, 0.6) is 0 Å². The van der Waals surface area contributed by atoms with Crippen molar-refractivity contribution < 1.29 is 8.42 Å². The average Bonchev–Trinajstić information content (AvgIpc) is 2.88. The molecule has 1 aliphatic heterocycles. The second kappa shape index (κ2) is 6.21. The molecular formula is C12H23N5O2S. The molecule has 0 radical (unpaired) electrons. The Labute approximate surface area is 120 Å². The largest absolute Gasteiger partial charge is 0.316 e. The Kier molecular flexibility index (Phi) is 4.79. The lowest BCUT2D eigenvalue weighted by Gasteiger charge is -2.36. The first-order valence-corrected chi connectivity index (χ1v) is 8.32. The monoisotopic (exact) mass is 301 g/mol. The normalized spacial score (nSPS) is 18.8. The molecular weight excluding hydrogens is 278 g/mol. The van der Waals surface area contributed by atoms with Crippen molar-refractivity contribution in [1.82, 2.24) is 24.7 Å². The molecule has 1 fully saturated rings. The molecule has 2 N–H and O–H groups in total. The molecule has 0 aliphatic carbocycles. The van der Waals surface area contributed by atoms with Crippen molar-refractivity contribution in [2.45, 2.75) is 31.5 Å². The third kappa shape index (κ3) is 3.03. The third-order valence-electron chi connectivity index (χ3n) is 3.65. The molecule has 0 saturated carbocycles. The molecule has 0 atom stereocenters. The molecule has 20 heavy (non-hydrogen) atoms. The molecule has 1 aromatic rings. The molecule has 1 aliphatic rings. The predicted molar refractivity (Wildman–Crippen MR) is 76.8 cm³/mol. The van der Waals surface area contributed by atoms with Gasteiger partial charge in [0.15, 0.2) is 5.03 Å². The lowest BCUT2D eigenvalue weighted by molar-refractivity contribution is 0.154. The van der Waals surface area contributed by atoms with Crippen molar-refractivity contribution in [3.8, 4) is 0 Å². The van der Waals surface area contributed by atoms with Gasteiger partial charge in [-0.2, -0.15) is 9.40 Å². The Hall–Kier alpha value is -0.960. The summed E-state index contributed by atoms with van der Waals surface area (Å²) in [5.41, 5.74) is 0.679. The van der Waals surface area contributed by atoms with E-state index in [1.165, 1.54) is 0 Å². The van der Waals surface area contributed by atoms with E-state index in [4.69, 9.17) is 0 Å². The van der Waals surface area contributed by atoms with Crippen LogP contribution in [0.25, 0.3) is 0 Å². The zero-order valence-electron chi connectivity index (χ0n) is 12.3. The lowest BCUT2D eigenvalue weighted by atomic mass is 10.3. The van der Waals surface area contributed by atoms with Crippen LogP contribution < -0.4 is 5.32 Å². The van der Waals surface area contributed by atoms with E-state index in [1.54, 1.807) is 17.5 Å². The maximum atomic E-state index is 12.6. The van der Waals surface area contributed by atoms with Crippen LogP contribution in [0.2, 0.25) is 0 Å². The second-order valence-corrected chi connectivity index (χ2v) is 7.16. The second-order valence-electron chi connectivity index (χ2n) is 5.29. The van der Waals surface area contributed by atoms with Gasteiger partial charge >= 0.3 is 0 Å². The van der Waals surface area contributed by atoms with Gasteiger partial charge in [0.2, 0.25) is 0 Å². The van der Waals surface area contributed by atoms with E-state index in [1.807, 2.05) is 0 Å². The highest BCUT2D eigenvalue weighted by molar-refractivity contribution is 7.89. The van der Waals surface area contributed by atoms with Crippen LogP contribution in [0.4, 0.5) is 0 Å². The average molecular weight is 301 g/mol. The maximum Gasteiger partial charge on any atom is 0.260 e. The minimum atomic E-state index is -3.47. The highest BCUT2D eigenvalue weighted by Crippen LogP contribution is 2.19. The van der Waals surface area contributed by atoms with Gasteiger partial charge < -0.3 is 5.32 Å². The molecule has 0 unspecified atom stereocenters. The number of hydrogen-bond donors (Lipinski definition) is 2. The van der Waals surface area contributed by atoms with E-state index in [0.29, 0.717) is 31.2 Å². The van der Waals surface area contributed by atoms with Gasteiger partial charge in [0.25, 0.3) is 10.0 Å². The van der Waals surface area contributed by atoms with Gasteiger partial charge in [-0.05, 0) is 20.9 Å². The summed E-state index contributed by atoms with van der Waals surface area (Å²) < 4.78 is 26.8. The summed E-state index contributed by atoms with van der Waals surface area (Å²) in [6.45, 7) is 7.33. The van der Waals surface area contributed by atoms with E-state index in [2.05, 4.69) is 34.3 Å². The summed E-state index contributed by atoms with van der Waals surface area (Å²) in [6, 6.07) is 0.451. The van der Waals surface area contributed by atoms with Crippen molar-refractivity contribution in [2.75, 3.05) is 33.2 Å². The minimum Gasteiger partial charge on any atom is -0.316 e. The van der Waals surface area contributed by atoms with Crippen molar-refractivity contribution in [3.63, 3.8) is 0 Å². The van der Waals surface area contributed by atoms with Crippen LogP contribution in [0, 0.1) is 0 Å². The van der Waals surface area contributed by atoms with Gasteiger partial charge in [-0.1, -0.05) is 0 Å². The maximum absolute atomic E-state index is 12.6. The SMILES string of the molecule is CNCc1cn[nH]c1S(=O)(=O)N1CCN(C(C)C)CC1. The highest BCUT2D eigenvalue weighted by Gasteiger charge is 2.31. The minimum absolute atomic E-state index is 0.213. The van der Waals surface area contributed by atoms with Crippen molar-refractivity contribution in [1.29, 1.82) is 0 Å². The van der Waals surface area contributed by atoms with Crippen LogP contribution in [0.15, 0.2) is 11.2 Å². The number of H-pyrrole nitrogens is 1. The number of nitrogens with one attached hydrogen (secondary N) is 2. The van der Waals surface area contributed by atoms with Crippen LogP contribution in [-0.4, -0.2) is 67.1 Å². The quantitative estimate of drug-likeness (QED) is 0.790. The van der Waals surface area contributed by atoms with Gasteiger partial charge in [0.05, 0.1) is 6.20 Å². The van der Waals surface area contributed by atoms with E-state index >= 15 is 0 Å². The first-order chi connectivity index (χ1) is 9.46. The number of aromatic nitrogens is 2. The molecule has 8 heteroatoms. The molecule has 0 spiro atoms. The fraction of sp³-hybridized carbons (Fsp3) is 0.750. The fourth-order valence-electron chi connectivity index (χ4n) is 2.43. The molecule has 7 nitrogen and oxygen atoms in total. The van der Waals surface area contributed by atoms with Gasteiger partial charge in [0, 0.05) is 44.3 Å².